The summed E-state index contributed by atoms with van der Waals surface area (Å²) in [5, 5.41) is 3.01. The molecule has 0 aliphatic carbocycles. The molecule has 3 aromatic carbocycles. The van der Waals surface area contributed by atoms with Crippen molar-refractivity contribution < 1.29 is 9.05 Å². The molecule has 3 aromatic rings. The predicted octanol–water partition coefficient (Wildman–Crippen LogP) is 9.03. The molecule has 4 rings (SSSR count). The second-order valence-electron chi connectivity index (χ2n) is 6.81. The highest BCUT2D eigenvalue weighted by Gasteiger charge is 2.38. The zero-order valence-corrected chi connectivity index (χ0v) is 23.5. The van der Waals surface area contributed by atoms with Crippen molar-refractivity contribution in [2.45, 2.75) is 0 Å². The van der Waals surface area contributed by atoms with Crippen molar-refractivity contribution in [2.24, 2.45) is 18.1 Å². The minimum atomic E-state index is -3.37. The summed E-state index contributed by atoms with van der Waals surface area (Å²) in [7, 11) is 0.143. The first-order valence-corrected chi connectivity index (χ1v) is 19.0. The van der Waals surface area contributed by atoms with Crippen molar-refractivity contribution in [1.82, 2.24) is 0 Å². The van der Waals surface area contributed by atoms with Gasteiger partial charge in [0, 0.05) is 30.1 Å². The van der Waals surface area contributed by atoms with E-state index in [4.69, 9.17) is 47.3 Å². The van der Waals surface area contributed by atoms with E-state index in [2.05, 4.69) is 13.5 Å². The average molecular weight is 580 g/mol. The quantitative estimate of drug-likeness (QED) is 0.274. The number of rotatable bonds is 6. The molecule has 0 aromatic heterocycles. The fourth-order valence-corrected chi connectivity index (χ4v) is 22.3. The van der Waals surface area contributed by atoms with E-state index in [0.29, 0.717) is 0 Å². The maximum absolute atomic E-state index is 7.14. The van der Waals surface area contributed by atoms with Crippen LogP contribution in [-0.2, 0) is 9.05 Å². The Kier molecular flexibility index (Phi) is 7.84. The molecular weight excluding hydrogens is 559 g/mol. The van der Waals surface area contributed by atoms with Crippen molar-refractivity contribution in [3.05, 3.63) is 91.0 Å². The molecule has 33 heavy (non-hydrogen) atoms. The highest BCUT2D eigenvalue weighted by atomic mass is 35.7. The first kappa shape index (κ1) is 25.5. The van der Waals surface area contributed by atoms with Crippen molar-refractivity contribution in [1.29, 1.82) is 0 Å². The number of benzene rings is 3. The van der Waals surface area contributed by atoms with Crippen molar-refractivity contribution in [3.8, 4) is 0 Å². The number of hydrogen-bond donors (Lipinski definition) is 0. The number of halogens is 3. The molecule has 1 aliphatic rings. The lowest BCUT2D eigenvalue weighted by Crippen LogP contribution is -2.25. The van der Waals surface area contributed by atoms with Crippen LogP contribution in [0.15, 0.2) is 109 Å². The lowest BCUT2D eigenvalue weighted by molar-refractivity contribution is 0.455. The molecule has 174 valence electrons. The van der Waals surface area contributed by atoms with E-state index in [1.807, 2.05) is 91.0 Å². The molecule has 0 N–H and O–H groups in total. The van der Waals surface area contributed by atoms with Crippen LogP contribution in [-0.4, -0.2) is 14.2 Å². The van der Waals surface area contributed by atoms with Crippen molar-refractivity contribution in [2.75, 3.05) is 14.2 Å². The summed E-state index contributed by atoms with van der Waals surface area (Å²) in [5.41, 5.74) is 0. The Morgan fingerprint density at radius 3 is 1.33 bits per heavy atom. The summed E-state index contributed by atoms with van der Waals surface area (Å²) in [6.45, 7) is -9.77. The highest BCUT2D eigenvalue weighted by molar-refractivity contribution is 8.08. The zero-order valence-electron chi connectivity index (χ0n) is 17.7. The van der Waals surface area contributed by atoms with Crippen LogP contribution in [0.2, 0.25) is 0 Å². The molecule has 0 unspecified atom stereocenters. The molecule has 0 fully saturated rings. The van der Waals surface area contributed by atoms with E-state index in [1.165, 1.54) is 14.2 Å². The summed E-state index contributed by atoms with van der Waals surface area (Å²) < 4.78 is 29.7. The van der Waals surface area contributed by atoms with Crippen LogP contribution in [0, 0.1) is 0 Å². The SMILES string of the molecule is CO[P@]1(Cl)=N[P@](Cl)(OC)=N[P@](Cl)(N=P(c2ccccc2)(c2ccccc2)c2ccccc2)=N1. The molecule has 13 heteroatoms. The van der Waals surface area contributed by atoms with E-state index in [-0.39, 0.29) is 0 Å². The van der Waals surface area contributed by atoms with E-state index in [9.17, 15) is 0 Å². The molecule has 1 heterocycles. The number of hydrogen-bond acceptors (Lipinski definition) is 6. The first-order valence-electron chi connectivity index (χ1n) is 9.69. The summed E-state index contributed by atoms with van der Waals surface area (Å²) in [6.07, 6.45) is 0. The topological polar surface area (TPSA) is 67.9 Å². The minimum Gasteiger partial charge on any atom is -0.319 e. The Balaban J connectivity index is 2.21. The van der Waals surface area contributed by atoms with Gasteiger partial charge in [-0.05, 0) is 33.7 Å². The molecule has 0 bridgehead atoms. The van der Waals surface area contributed by atoms with Gasteiger partial charge in [0.15, 0.2) is 0 Å². The van der Waals surface area contributed by atoms with Gasteiger partial charge < -0.3 is 9.05 Å². The van der Waals surface area contributed by atoms with E-state index >= 15 is 0 Å². The van der Waals surface area contributed by atoms with Gasteiger partial charge in [-0.15, -0.1) is 0 Å². The Morgan fingerprint density at radius 2 is 0.970 bits per heavy atom. The monoisotopic (exact) mass is 578 g/mol. The van der Waals surface area contributed by atoms with Crippen LogP contribution >= 0.6 is 61.1 Å². The van der Waals surface area contributed by atoms with Gasteiger partial charge in [0.1, 0.15) is 0 Å². The van der Waals surface area contributed by atoms with Gasteiger partial charge in [0.25, 0.3) is 6.71 Å². The van der Waals surface area contributed by atoms with Crippen LogP contribution in [0.5, 0.6) is 0 Å². The summed E-state index contributed by atoms with van der Waals surface area (Å²) in [6, 6.07) is 30.1. The first-order chi connectivity index (χ1) is 15.8. The van der Waals surface area contributed by atoms with E-state index in [1.54, 1.807) is 0 Å². The van der Waals surface area contributed by atoms with Crippen LogP contribution in [0.1, 0.15) is 0 Å². The zero-order chi connectivity index (χ0) is 23.6. The Hall–Kier alpha value is -0.630. The Morgan fingerprint density at radius 1 is 0.606 bits per heavy atom. The highest BCUT2D eigenvalue weighted by Crippen LogP contribution is 2.85. The van der Waals surface area contributed by atoms with Gasteiger partial charge in [-0.3, -0.25) is 0 Å². The van der Waals surface area contributed by atoms with Crippen LogP contribution in [0.3, 0.4) is 0 Å². The largest absolute Gasteiger partial charge is 0.319 e. The van der Waals surface area contributed by atoms with E-state index in [0.717, 1.165) is 15.9 Å². The molecule has 3 atom stereocenters. The number of nitrogens with zero attached hydrogens (tertiary/aromatic N) is 4. The van der Waals surface area contributed by atoms with Crippen LogP contribution < -0.4 is 15.9 Å². The predicted molar refractivity (Wildman–Crippen MR) is 147 cm³/mol. The average Bonchev–Trinajstić information content (AvgIpc) is 2.83. The molecule has 0 saturated heterocycles. The third-order valence-corrected chi connectivity index (χ3v) is 21.3. The molecule has 0 spiro atoms. The van der Waals surface area contributed by atoms with Crippen molar-refractivity contribution in [3.63, 3.8) is 0 Å². The third kappa shape index (κ3) is 5.31. The van der Waals surface area contributed by atoms with Gasteiger partial charge >= 0.3 is 13.6 Å². The molecule has 0 radical (unpaired) electrons. The molecule has 0 amide bonds. The van der Waals surface area contributed by atoms with Gasteiger partial charge in [-0.25, -0.2) is 4.52 Å². The smallest absolute Gasteiger partial charge is 0.300 e. The van der Waals surface area contributed by atoms with Crippen LogP contribution in [0.4, 0.5) is 0 Å². The Labute approximate surface area is 208 Å². The van der Waals surface area contributed by atoms with Crippen LogP contribution in [0.25, 0.3) is 0 Å². The summed E-state index contributed by atoms with van der Waals surface area (Å²) in [5.74, 6) is 0. The summed E-state index contributed by atoms with van der Waals surface area (Å²) >= 11 is 20.4. The maximum Gasteiger partial charge on any atom is 0.300 e. The molecular formula is C20H21Cl3N4O2P4. The lowest BCUT2D eigenvalue weighted by Gasteiger charge is -2.30. The van der Waals surface area contributed by atoms with Crippen molar-refractivity contribution >= 4 is 77.0 Å². The van der Waals surface area contributed by atoms with Gasteiger partial charge in [-0.2, -0.15) is 13.5 Å². The molecule has 6 nitrogen and oxygen atoms in total. The van der Waals surface area contributed by atoms with Gasteiger partial charge in [0.2, 0.25) is 0 Å². The summed E-state index contributed by atoms with van der Waals surface area (Å²) in [4.78, 5) is 0. The van der Waals surface area contributed by atoms with E-state index < -0.39 is 27.3 Å². The third-order valence-electron chi connectivity index (χ3n) is 4.77. The minimum absolute atomic E-state index is 1.00. The molecule has 0 saturated carbocycles. The maximum atomic E-state index is 7.14. The fourth-order valence-electron chi connectivity index (χ4n) is 3.36. The van der Waals surface area contributed by atoms with Gasteiger partial charge in [-0.1, -0.05) is 91.0 Å². The molecule has 1 aliphatic heterocycles. The fraction of sp³-hybridized carbons (Fsp3) is 0.100. The second kappa shape index (κ2) is 10.2. The second-order valence-corrected chi connectivity index (χ2v) is 20.1. The standard InChI is InChI=1S/C20H21Cl3N4O2P4/c1-28-32(22)25-31(21,26-33(23,27-32)29-2)24-30(18-12-6-3-7-13-18,19-14-8-4-9-15-19)20-16-10-5-11-17-20/h3-17H,1-2H3/t31-,32+,33-. The van der Waals surface area contributed by atoms with Gasteiger partial charge in [0.05, 0.1) is 7.05 Å². The lowest BCUT2D eigenvalue weighted by atomic mass is 10.4. The normalized spacial score (nSPS) is 27.1. The Bertz CT molecular complexity index is 1260.